The van der Waals surface area contributed by atoms with Crippen molar-refractivity contribution >= 4 is 34.2 Å². The number of nitrogens with two attached hydrogens (primary N) is 1. The fraction of sp³-hybridized carbons (Fsp3) is 0.100. The van der Waals surface area contributed by atoms with E-state index in [1.54, 1.807) is 18.2 Å². The van der Waals surface area contributed by atoms with Crippen LogP contribution in [0.15, 0.2) is 54.1 Å². The van der Waals surface area contributed by atoms with E-state index in [1.807, 2.05) is 47.9 Å². The molecule has 0 radical (unpaired) electrons. The lowest BCUT2D eigenvalue weighted by molar-refractivity contribution is 0.600. The van der Waals surface area contributed by atoms with Gasteiger partial charge < -0.3 is 10.3 Å². The third-order valence-electron chi connectivity index (χ3n) is 4.24. The summed E-state index contributed by atoms with van der Waals surface area (Å²) in [6.45, 7) is 2.35. The number of thiocarbonyl (C=S) groups is 1. The molecule has 0 unspecified atom stereocenters. The van der Waals surface area contributed by atoms with Gasteiger partial charge in [0.1, 0.15) is 16.9 Å². The van der Waals surface area contributed by atoms with Crippen LogP contribution in [-0.2, 0) is 6.54 Å². The summed E-state index contributed by atoms with van der Waals surface area (Å²) in [6.07, 6.45) is 1.71. The minimum Gasteiger partial charge on any atom is -0.389 e. The van der Waals surface area contributed by atoms with Crippen LogP contribution in [-0.4, -0.2) is 9.56 Å². The second kappa shape index (κ2) is 6.88. The van der Waals surface area contributed by atoms with Crippen molar-refractivity contribution in [1.29, 1.82) is 5.26 Å². The summed E-state index contributed by atoms with van der Waals surface area (Å²) in [6, 6.07) is 16.6. The Morgan fingerprint density at radius 2 is 1.92 bits per heavy atom. The summed E-state index contributed by atoms with van der Waals surface area (Å²) in [5, 5.41) is 10.2. The molecule has 5 heteroatoms. The fourth-order valence-electron chi connectivity index (χ4n) is 2.94. The van der Waals surface area contributed by atoms with E-state index in [0.717, 1.165) is 22.2 Å². The van der Waals surface area contributed by atoms with Crippen LogP contribution in [0.3, 0.4) is 0 Å². The number of para-hydroxylation sites is 1. The number of aromatic nitrogens is 1. The Balaban J connectivity index is 2.21. The maximum Gasteiger partial charge on any atom is 0.128 e. The molecule has 3 nitrogen and oxygen atoms in total. The molecule has 2 aromatic carbocycles. The van der Waals surface area contributed by atoms with Crippen molar-refractivity contribution in [3.05, 3.63) is 76.7 Å². The zero-order valence-corrected chi connectivity index (χ0v) is 14.5. The van der Waals surface area contributed by atoms with Gasteiger partial charge in [0.2, 0.25) is 0 Å². The van der Waals surface area contributed by atoms with E-state index in [1.165, 1.54) is 6.07 Å². The van der Waals surface area contributed by atoms with E-state index in [-0.39, 0.29) is 16.4 Å². The molecule has 0 spiro atoms. The molecule has 3 aromatic rings. The lowest BCUT2D eigenvalue weighted by Gasteiger charge is -2.09. The van der Waals surface area contributed by atoms with Crippen molar-refractivity contribution < 1.29 is 4.39 Å². The molecule has 0 saturated heterocycles. The van der Waals surface area contributed by atoms with Gasteiger partial charge in [0.25, 0.3) is 0 Å². The minimum atomic E-state index is -0.238. The molecule has 0 atom stereocenters. The first-order valence-electron chi connectivity index (χ1n) is 7.75. The Bertz CT molecular complexity index is 1040. The molecule has 1 heterocycles. The highest BCUT2D eigenvalue weighted by atomic mass is 32.1. The summed E-state index contributed by atoms with van der Waals surface area (Å²) in [5.41, 5.74) is 9.25. The van der Waals surface area contributed by atoms with Crippen molar-refractivity contribution in [2.45, 2.75) is 13.5 Å². The number of rotatable bonds is 4. The maximum atomic E-state index is 14.1. The van der Waals surface area contributed by atoms with Gasteiger partial charge in [0.15, 0.2) is 0 Å². The molecule has 0 bridgehead atoms. The van der Waals surface area contributed by atoms with E-state index in [0.29, 0.717) is 12.1 Å². The summed E-state index contributed by atoms with van der Waals surface area (Å²) in [7, 11) is 0. The third-order valence-corrected chi connectivity index (χ3v) is 4.46. The molecule has 1 aromatic heterocycles. The van der Waals surface area contributed by atoms with Crippen molar-refractivity contribution in [3.63, 3.8) is 0 Å². The Morgan fingerprint density at radius 3 is 2.60 bits per heavy atom. The van der Waals surface area contributed by atoms with Crippen LogP contribution >= 0.6 is 12.2 Å². The number of halogens is 1. The molecule has 3 rings (SSSR count). The number of hydrogen-bond acceptors (Lipinski definition) is 2. The van der Waals surface area contributed by atoms with Gasteiger partial charge in [-0.2, -0.15) is 5.26 Å². The first-order chi connectivity index (χ1) is 12.0. The van der Waals surface area contributed by atoms with Crippen LogP contribution in [0.1, 0.15) is 16.8 Å². The molecular formula is C20H16FN3S. The smallest absolute Gasteiger partial charge is 0.128 e. The van der Waals surface area contributed by atoms with Gasteiger partial charge in [-0.15, -0.1) is 0 Å². The molecule has 0 amide bonds. The minimum absolute atomic E-state index is 0.0628. The van der Waals surface area contributed by atoms with Gasteiger partial charge in [-0.05, 0) is 25.1 Å². The van der Waals surface area contributed by atoms with Crippen LogP contribution in [0, 0.1) is 24.1 Å². The predicted octanol–water partition coefficient (Wildman–Crippen LogP) is 4.33. The van der Waals surface area contributed by atoms with Gasteiger partial charge in [0.05, 0.1) is 12.1 Å². The van der Waals surface area contributed by atoms with Crippen LogP contribution < -0.4 is 5.73 Å². The lowest BCUT2D eigenvalue weighted by atomic mass is 10.1. The number of fused-ring (bicyclic) bond motifs is 1. The maximum absolute atomic E-state index is 14.1. The second-order valence-electron chi connectivity index (χ2n) is 5.73. The SMILES string of the molecule is Cc1c(/C=C(/C#N)C(N)=S)c2ccccc2n1Cc1ccccc1F. The highest BCUT2D eigenvalue weighted by Crippen LogP contribution is 2.29. The highest BCUT2D eigenvalue weighted by molar-refractivity contribution is 7.80. The molecule has 0 aliphatic rings. The van der Waals surface area contributed by atoms with E-state index >= 15 is 0 Å². The Morgan fingerprint density at radius 1 is 1.24 bits per heavy atom. The molecule has 0 fully saturated rings. The zero-order chi connectivity index (χ0) is 18.0. The van der Waals surface area contributed by atoms with Gasteiger partial charge in [-0.25, -0.2) is 4.39 Å². The van der Waals surface area contributed by atoms with Crippen LogP contribution in [0.2, 0.25) is 0 Å². The van der Waals surface area contributed by atoms with Crippen molar-refractivity contribution in [1.82, 2.24) is 4.57 Å². The molecule has 0 saturated carbocycles. The molecular weight excluding hydrogens is 333 g/mol. The van der Waals surface area contributed by atoms with Gasteiger partial charge in [-0.1, -0.05) is 48.6 Å². The van der Waals surface area contributed by atoms with E-state index in [2.05, 4.69) is 0 Å². The molecule has 25 heavy (non-hydrogen) atoms. The zero-order valence-electron chi connectivity index (χ0n) is 13.7. The van der Waals surface area contributed by atoms with E-state index in [9.17, 15) is 9.65 Å². The standard InChI is InChI=1S/C20H16FN3S/c1-13-17(10-15(11-22)20(23)25)16-7-3-5-9-19(16)24(13)12-14-6-2-4-8-18(14)21/h2-10H,12H2,1H3,(H2,23,25)/b15-10-. The van der Waals surface area contributed by atoms with Crippen LogP contribution in [0.5, 0.6) is 0 Å². The number of hydrogen-bond donors (Lipinski definition) is 1. The van der Waals surface area contributed by atoms with Crippen LogP contribution in [0.4, 0.5) is 4.39 Å². The average molecular weight is 349 g/mol. The fourth-order valence-corrected chi connectivity index (χ4v) is 3.05. The summed E-state index contributed by atoms with van der Waals surface area (Å²) < 4.78 is 16.1. The number of nitrogens with zero attached hydrogens (tertiary/aromatic N) is 2. The monoisotopic (exact) mass is 349 g/mol. The third kappa shape index (κ3) is 3.17. The predicted molar refractivity (Wildman–Crippen MR) is 103 cm³/mol. The number of benzene rings is 2. The van der Waals surface area contributed by atoms with Gasteiger partial charge in [0, 0.05) is 27.7 Å². The second-order valence-corrected chi connectivity index (χ2v) is 6.17. The van der Waals surface area contributed by atoms with Crippen LogP contribution in [0.25, 0.3) is 17.0 Å². The highest BCUT2D eigenvalue weighted by Gasteiger charge is 2.15. The first kappa shape index (κ1) is 16.9. The summed E-state index contributed by atoms with van der Waals surface area (Å²) in [5.74, 6) is -0.238. The first-order valence-corrected chi connectivity index (χ1v) is 8.16. The summed E-state index contributed by atoms with van der Waals surface area (Å²) >= 11 is 4.94. The van der Waals surface area contributed by atoms with Crippen molar-refractivity contribution in [2.24, 2.45) is 5.73 Å². The molecule has 0 aliphatic heterocycles. The van der Waals surface area contributed by atoms with Crippen molar-refractivity contribution in [2.75, 3.05) is 0 Å². The average Bonchev–Trinajstić information content (AvgIpc) is 2.86. The van der Waals surface area contributed by atoms with E-state index < -0.39 is 0 Å². The van der Waals surface area contributed by atoms with Gasteiger partial charge in [-0.3, -0.25) is 0 Å². The molecule has 2 N–H and O–H groups in total. The Labute approximate surface area is 150 Å². The normalized spacial score (nSPS) is 11.5. The Kier molecular flexibility index (Phi) is 4.64. The van der Waals surface area contributed by atoms with Crippen molar-refractivity contribution in [3.8, 4) is 6.07 Å². The molecule has 0 aliphatic carbocycles. The lowest BCUT2D eigenvalue weighted by Crippen LogP contribution is -2.09. The topological polar surface area (TPSA) is 54.7 Å². The Hall–Kier alpha value is -2.97. The number of nitriles is 1. The quantitative estimate of drug-likeness (QED) is 0.433. The van der Waals surface area contributed by atoms with E-state index in [4.69, 9.17) is 18.0 Å². The van der Waals surface area contributed by atoms with Gasteiger partial charge >= 0.3 is 0 Å². The molecule has 124 valence electrons. The largest absolute Gasteiger partial charge is 0.389 e. The summed E-state index contributed by atoms with van der Waals surface area (Å²) in [4.78, 5) is 0.0628.